The van der Waals surface area contributed by atoms with Crippen LogP contribution in [0.3, 0.4) is 0 Å². The normalized spacial score (nSPS) is 14.3. The fourth-order valence-corrected chi connectivity index (χ4v) is 3.68. The van der Waals surface area contributed by atoms with E-state index in [0.717, 1.165) is 18.3 Å². The minimum Gasteiger partial charge on any atom is -0.375 e. The summed E-state index contributed by atoms with van der Waals surface area (Å²) in [7, 11) is 0. The van der Waals surface area contributed by atoms with Crippen LogP contribution in [0.25, 0.3) is 0 Å². The lowest BCUT2D eigenvalue weighted by Crippen LogP contribution is -2.49. The van der Waals surface area contributed by atoms with Crippen LogP contribution >= 0.6 is 35.4 Å². The van der Waals surface area contributed by atoms with Gasteiger partial charge < -0.3 is 15.5 Å². The molecule has 1 heterocycles. The second-order valence-electron chi connectivity index (χ2n) is 6.44. The van der Waals surface area contributed by atoms with Crippen LogP contribution in [0.5, 0.6) is 0 Å². The molecule has 30 heavy (non-hydrogen) atoms. The fourth-order valence-electron chi connectivity index (χ4n) is 3.07. The topological polar surface area (TPSA) is 74.0 Å². The Labute approximate surface area is 187 Å². The molecule has 158 valence electrons. The van der Waals surface area contributed by atoms with Crippen molar-refractivity contribution in [2.24, 2.45) is 10.8 Å². The van der Waals surface area contributed by atoms with Crippen molar-refractivity contribution in [2.45, 2.75) is 0 Å². The number of rotatable bonds is 4. The van der Waals surface area contributed by atoms with Gasteiger partial charge >= 0.3 is 0 Å². The maximum absolute atomic E-state index is 14.6. The summed E-state index contributed by atoms with van der Waals surface area (Å²) in [5.74, 6) is -1.56. The molecule has 3 N–H and O–H groups in total. The largest absolute Gasteiger partial charge is 0.375 e. The smallest absolute Gasteiger partial charge is 0.257 e. The third-order valence-electron chi connectivity index (χ3n) is 4.53. The molecule has 0 aliphatic carbocycles. The minimum absolute atomic E-state index is 0.0535. The predicted molar refractivity (Wildman–Crippen MR) is 118 cm³/mol. The van der Waals surface area contributed by atoms with Crippen LogP contribution in [0.15, 0.2) is 35.4 Å². The molecule has 1 aliphatic rings. The van der Waals surface area contributed by atoms with Crippen molar-refractivity contribution >= 4 is 58.3 Å². The van der Waals surface area contributed by atoms with Gasteiger partial charge in [0.25, 0.3) is 5.91 Å². The Hall–Kier alpha value is -2.49. The lowest BCUT2D eigenvalue weighted by molar-refractivity contribution is 0.0747. The summed E-state index contributed by atoms with van der Waals surface area (Å²) < 4.78 is 28.9. The minimum atomic E-state index is -0.652. The average Bonchev–Trinajstić information content (AvgIpc) is 2.70. The number of hydrogen-bond donors (Lipinski definition) is 2. The molecule has 0 atom stereocenters. The number of halogens is 4. The highest BCUT2D eigenvalue weighted by molar-refractivity contribution is 7.80. The number of carbonyl (C=O) groups is 1. The van der Waals surface area contributed by atoms with Crippen LogP contribution in [0.4, 0.5) is 14.5 Å². The molecule has 0 saturated carbocycles. The van der Waals surface area contributed by atoms with E-state index >= 15 is 0 Å². The summed E-state index contributed by atoms with van der Waals surface area (Å²) in [6.07, 6.45) is 1.09. The zero-order valence-corrected chi connectivity index (χ0v) is 17.9. The highest BCUT2D eigenvalue weighted by atomic mass is 35.5. The Morgan fingerprint density at radius 3 is 2.37 bits per heavy atom. The number of amides is 1. The zero-order chi connectivity index (χ0) is 21.8. The number of thiocarbonyl (C=S) groups is 1. The molecule has 0 unspecified atom stereocenters. The highest BCUT2D eigenvalue weighted by Gasteiger charge is 2.26. The first-order chi connectivity index (χ1) is 14.3. The quantitative estimate of drug-likeness (QED) is 0.406. The lowest BCUT2D eigenvalue weighted by atomic mass is 10.1. The molecule has 1 aliphatic heterocycles. The van der Waals surface area contributed by atoms with Gasteiger partial charge in [-0.25, -0.2) is 8.78 Å². The summed E-state index contributed by atoms with van der Waals surface area (Å²) in [6.45, 7) is 1.26. The first-order valence-corrected chi connectivity index (χ1v) is 10.00. The van der Waals surface area contributed by atoms with Gasteiger partial charge in [-0.2, -0.15) is 5.10 Å². The average molecular weight is 472 g/mol. The van der Waals surface area contributed by atoms with Gasteiger partial charge in [-0.05, 0) is 30.4 Å². The van der Waals surface area contributed by atoms with E-state index in [4.69, 9.17) is 28.9 Å². The third-order valence-corrected chi connectivity index (χ3v) is 5.25. The summed E-state index contributed by atoms with van der Waals surface area (Å²) >= 11 is 16.8. The van der Waals surface area contributed by atoms with E-state index < -0.39 is 11.6 Å². The van der Waals surface area contributed by atoms with Crippen LogP contribution in [0, 0.1) is 11.6 Å². The molecule has 1 amide bonds. The van der Waals surface area contributed by atoms with Gasteiger partial charge in [0, 0.05) is 37.8 Å². The van der Waals surface area contributed by atoms with E-state index in [2.05, 4.69) is 22.7 Å². The zero-order valence-electron chi connectivity index (χ0n) is 15.5. The Morgan fingerprint density at radius 1 is 1.13 bits per heavy atom. The first-order valence-electron chi connectivity index (χ1n) is 8.83. The van der Waals surface area contributed by atoms with Gasteiger partial charge in [0.15, 0.2) is 5.11 Å². The first kappa shape index (κ1) is 22.2. The molecule has 6 nitrogen and oxygen atoms in total. The Kier molecular flexibility index (Phi) is 7.06. The lowest BCUT2D eigenvalue weighted by Gasteiger charge is -2.36. The summed E-state index contributed by atoms with van der Waals surface area (Å²) in [6, 6.07) is 6.98. The van der Waals surface area contributed by atoms with Gasteiger partial charge in [-0.1, -0.05) is 29.3 Å². The van der Waals surface area contributed by atoms with Gasteiger partial charge in [0.05, 0.1) is 27.5 Å². The number of nitrogens with zero attached hydrogens (tertiary/aromatic N) is 3. The summed E-state index contributed by atoms with van der Waals surface area (Å²) in [5.41, 5.74) is 7.79. The summed E-state index contributed by atoms with van der Waals surface area (Å²) in [4.78, 5) is 16.0. The number of carbonyl (C=O) groups excluding carboxylic acids is 1. The predicted octanol–water partition coefficient (Wildman–Crippen LogP) is 3.40. The molecule has 0 aromatic heterocycles. The van der Waals surface area contributed by atoms with Crippen LogP contribution in [-0.4, -0.2) is 48.3 Å². The Balaban J connectivity index is 1.70. The second kappa shape index (κ2) is 9.55. The fraction of sp³-hybridized carbons (Fsp3) is 0.211. The molecule has 2 aromatic rings. The van der Waals surface area contributed by atoms with Crippen molar-refractivity contribution in [3.63, 3.8) is 0 Å². The number of nitrogens with one attached hydrogen (secondary N) is 1. The second-order valence-corrected chi connectivity index (χ2v) is 7.69. The molecule has 1 fully saturated rings. The number of hydrogen-bond acceptors (Lipinski definition) is 4. The molecule has 0 spiro atoms. The number of anilines is 1. The molecule has 0 radical (unpaired) electrons. The van der Waals surface area contributed by atoms with Crippen molar-refractivity contribution in [3.05, 3.63) is 63.1 Å². The standard InChI is InChI=1S/C19H17Cl2F2N5OS/c20-12-2-1-3-13(21)17(12)18(29)28-6-4-27(5-7-28)16-9-14(22)11(8-15(16)23)10-25-26-19(24)30/h1-3,8-10H,4-7H2,(H3,24,26,30)/b25-10+. The van der Waals surface area contributed by atoms with Crippen LogP contribution in [0.2, 0.25) is 10.0 Å². The molecule has 3 rings (SSSR count). The Bertz CT molecular complexity index is 992. The number of nitrogens with two attached hydrogens (primary N) is 1. The SMILES string of the molecule is NC(=S)N/N=C/c1cc(F)c(N2CCN(C(=O)c3c(Cl)cccc3Cl)CC2)cc1F. The van der Waals surface area contributed by atoms with E-state index in [0.29, 0.717) is 26.2 Å². The van der Waals surface area contributed by atoms with Gasteiger partial charge in [0.1, 0.15) is 11.6 Å². The van der Waals surface area contributed by atoms with Gasteiger partial charge in [0.2, 0.25) is 0 Å². The van der Waals surface area contributed by atoms with Crippen molar-refractivity contribution < 1.29 is 13.6 Å². The Morgan fingerprint density at radius 2 is 1.77 bits per heavy atom. The van der Waals surface area contributed by atoms with Crippen LogP contribution in [-0.2, 0) is 0 Å². The van der Waals surface area contributed by atoms with E-state index in [1.807, 2.05) is 0 Å². The molecular weight excluding hydrogens is 455 g/mol. The molecule has 11 heteroatoms. The van der Waals surface area contributed by atoms with E-state index in [9.17, 15) is 13.6 Å². The molecule has 2 aromatic carbocycles. The van der Waals surface area contributed by atoms with Crippen LogP contribution in [0.1, 0.15) is 15.9 Å². The van der Waals surface area contributed by atoms with Gasteiger partial charge in [-0.3, -0.25) is 10.2 Å². The monoisotopic (exact) mass is 471 g/mol. The van der Waals surface area contributed by atoms with Crippen molar-refractivity contribution in [3.8, 4) is 0 Å². The van der Waals surface area contributed by atoms with Crippen molar-refractivity contribution in [1.82, 2.24) is 10.3 Å². The third kappa shape index (κ3) is 4.97. The van der Waals surface area contributed by atoms with E-state index in [1.54, 1.807) is 28.0 Å². The summed E-state index contributed by atoms with van der Waals surface area (Å²) in [5, 5.41) is 4.08. The molecular formula is C19H17Cl2F2N5OS. The maximum atomic E-state index is 14.6. The maximum Gasteiger partial charge on any atom is 0.257 e. The molecule has 0 bridgehead atoms. The number of benzene rings is 2. The number of hydrazone groups is 1. The van der Waals surface area contributed by atoms with E-state index in [-0.39, 0.29) is 37.9 Å². The van der Waals surface area contributed by atoms with E-state index in [1.165, 1.54) is 0 Å². The number of piperazine rings is 1. The van der Waals surface area contributed by atoms with Crippen molar-refractivity contribution in [2.75, 3.05) is 31.1 Å². The molecule has 1 saturated heterocycles. The highest BCUT2D eigenvalue weighted by Crippen LogP contribution is 2.28. The van der Waals surface area contributed by atoms with Crippen LogP contribution < -0.4 is 16.1 Å². The van der Waals surface area contributed by atoms with Gasteiger partial charge in [-0.15, -0.1) is 0 Å². The van der Waals surface area contributed by atoms with Crippen molar-refractivity contribution in [1.29, 1.82) is 0 Å².